The molecular weight excluding hydrogens is 829 g/mol. The van der Waals surface area contributed by atoms with Gasteiger partial charge in [-0.1, -0.05) is 60.7 Å². The number of carbonyl (C=O) groups is 2. The zero-order valence-electron chi connectivity index (χ0n) is 30.8. The van der Waals surface area contributed by atoms with Crippen LogP contribution in [0, 0.1) is 0 Å². The molecule has 0 saturated carbocycles. The van der Waals surface area contributed by atoms with Gasteiger partial charge in [-0.25, -0.2) is 35.9 Å². The van der Waals surface area contributed by atoms with Crippen molar-refractivity contribution >= 4 is 101 Å². The van der Waals surface area contributed by atoms with Gasteiger partial charge >= 0.3 is 12.1 Å². The first-order valence-corrected chi connectivity index (χ1v) is 21.4. The molecule has 59 heavy (non-hydrogen) atoms. The molecule has 0 unspecified atom stereocenters. The maximum Gasteiger partial charge on any atom is 0.333 e. The Morgan fingerprint density at radius 2 is 0.644 bits per heavy atom. The molecule has 18 heteroatoms. The zero-order chi connectivity index (χ0) is 41.8. The van der Waals surface area contributed by atoms with Crippen LogP contribution >= 0.6 is 24.4 Å². The average Bonchev–Trinajstić information content (AvgIpc) is 3.20. The molecule has 0 aliphatic heterocycles. The number of anilines is 6. The van der Waals surface area contributed by atoms with E-state index in [1.807, 2.05) is 70.1 Å². The third-order valence-electron chi connectivity index (χ3n) is 8.19. The molecule has 0 bridgehead atoms. The summed E-state index contributed by atoms with van der Waals surface area (Å²) in [5.74, 6) is 0. The lowest BCUT2D eigenvalue weighted by Gasteiger charge is -2.12. The van der Waals surface area contributed by atoms with Crippen LogP contribution in [0.25, 0.3) is 0 Å². The quantitative estimate of drug-likeness (QED) is 0.0554. The van der Waals surface area contributed by atoms with Crippen molar-refractivity contribution in [1.82, 2.24) is 9.44 Å². The van der Waals surface area contributed by atoms with Crippen molar-refractivity contribution in [2.45, 2.75) is 16.2 Å². The lowest BCUT2D eigenvalue weighted by atomic mass is 10.0. The molecule has 0 radical (unpaired) electrons. The minimum Gasteiger partial charge on any atom is -0.332 e. The summed E-state index contributed by atoms with van der Waals surface area (Å²) < 4.78 is 55.4. The SMILES string of the molecule is O=C(Nc1ccc(Cc2ccc(NC(=O)NS(=O)(=O)c3ccc(NC(=S)Nc4ccccc4)cc3)cc2)cc1)NS(=O)(=O)c1ccc(NC(=S)Nc2ccccc2)cc1. The van der Waals surface area contributed by atoms with Crippen LogP contribution in [0.15, 0.2) is 168 Å². The maximum atomic E-state index is 12.9. The normalized spacial score (nSPS) is 11.0. The van der Waals surface area contributed by atoms with Gasteiger partial charge in [0.05, 0.1) is 9.79 Å². The second-order valence-corrected chi connectivity index (χ2v) is 16.8. The average molecular weight is 865 g/mol. The van der Waals surface area contributed by atoms with Gasteiger partial charge in [0, 0.05) is 34.1 Å². The Hall–Kier alpha value is -6.86. The van der Waals surface area contributed by atoms with E-state index in [2.05, 4.69) is 31.9 Å². The van der Waals surface area contributed by atoms with Crippen LogP contribution in [0.2, 0.25) is 0 Å². The molecule has 0 atom stereocenters. The third kappa shape index (κ3) is 12.6. The van der Waals surface area contributed by atoms with E-state index >= 15 is 0 Å². The molecule has 0 heterocycles. The number of carbonyl (C=O) groups excluding carboxylic acids is 2. The van der Waals surface area contributed by atoms with Crippen molar-refractivity contribution in [2.24, 2.45) is 0 Å². The summed E-state index contributed by atoms with van der Waals surface area (Å²) in [4.78, 5) is 25.0. The molecule has 300 valence electrons. The fraction of sp³-hybridized carbons (Fsp3) is 0.0244. The van der Waals surface area contributed by atoms with E-state index in [1.54, 1.807) is 48.5 Å². The molecule has 0 fully saturated rings. The van der Waals surface area contributed by atoms with E-state index in [0.717, 1.165) is 22.5 Å². The summed E-state index contributed by atoms with van der Waals surface area (Å²) in [7, 11) is -8.35. The summed E-state index contributed by atoms with van der Waals surface area (Å²) in [5.41, 5.74) is 5.21. The van der Waals surface area contributed by atoms with Crippen molar-refractivity contribution in [3.63, 3.8) is 0 Å². The van der Waals surface area contributed by atoms with E-state index in [0.29, 0.717) is 39.4 Å². The number of benzene rings is 6. The van der Waals surface area contributed by atoms with Crippen molar-refractivity contribution < 1.29 is 26.4 Å². The molecule has 14 nitrogen and oxygen atoms in total. The number of nitrogens with one attached hydrogen (secondary N) is 8. The van der Waals surface area contributed by atoms with E-state index in [-0.39, 0.29) is 9.79 Å². The summed E-state index contributed by atoms with van der Waals surface area (Å²) >= 11 is 10.6. The predicted octanol–water partition coefficient (Wildman–Crippen LogP) is 7.92. The van der Waals surface area contributed by atoms with Crippen molar-refractivity contribution in [3.8, 4) is 0 Å². The summed E-state index contributed by atoms with van der Waals surface area (Å²) in [6.07, 6.45) is 0.498. The molecule has 0 saturated heterocycles. The Morgan fingerprint density at radius 1 is 0.373 bits per heavy atom. The molecule has 6 aromatic rings. The maximum absolute atomic E-state index is 12.9. The number of amides is 4. The Balaban J connectivity index is 0.934. The van der Waals surface area contributed by atoms with Gasteiger partial charge in [0.25, 0.3) is 20.0 Å². The van der Waals surface area contributed by atoms with Crippen molar-refractivity contribution in [2.75, 3.05) is 31.9 Å². The van der Waals surface area contributed by atoms with Crippen LogP contribution in [0.5, 0.6) is 0 Å². The standard InChI is InChI=1S/C41H36N8O6S4/c50-38(48-58(52,53)36-23-19-34(20-24-36)46-40(56)44-30-7-3-1-4-8-30)42-32-15-11-28(12-16-32)27-29-13-17-33(18-14-29)43-39(51)49-59(54,55)37-25-21-35(22-26-37)47-41(57)45-31-9-5-2-6-10-31/h1-26H,27H2,(H2,42,48,50)(H2,43,49,51)(H2,44,46,56)(H2,45,47,57). The number of para-hydroxylation sites is 2. The highest BCUT2D eigenvalue weighted by Crippen LogP contribution is 2.19. The second-order valence-electron chi connectivity index (χ2n) is 12.6. The van der Waals surface area contributed by atoms with Gasteiger partial charge in [-0.2, -0.15) is 0 Å². The number of hydrogen-bond donors (Lipinski definition) is 8. The van der Waals surface area contributed by atoms with Crippen LogP contribution in [0.3, 0.4) is 0 Å². The molecule has 6 rings (SSSR count). The van der Waals surface area contributed by atoms with Gasteiger partial charge < -0.3 is 31.9 Å². The van der Waals surface area contributed by atoms with Crippen LogP contribution < -0.4 is 41.3 Å². The fourth-order valence-corrected chi connectivity index (χ4v) is 7.67. The highest BCUT2D eigenvalue weighted by Gasteiger charge is 2.19. The van der Waals surface area contributed by atoms with Gasteiger partial charge in [-0.05, 0) is 139 Å². The monoisotopic (exact) mass is 864 g/mol. The Labute approximate surface area is 352 Å². The highest BCUT2D eigenvalue weighted by molar-refractivity contribution is 7.90. The molecule has 6 aromatic carbocycles. The van der Waals surface area contributed by atoms with Gasteiger partial charge in [-0.15, -0.1) is 0 Å². The Morgan fingerprint density at radius 3 is 0.966 bits per heavy atom. The van der Waals surface area contributed by atoms with Gasteiger partial charge in [0.1, 0.15) is 0 Å². The van der Waals surface area contributed by atoms with Crippen LogP contribution in [-0.2, 0) is 26.5 Å². The highest BCUT2D eigenvalue weighted by atomic mass is 32.2. The minimum absolute atomic E-state index is 0.114. The summed E-state index contributed by atoms with van der Waals surface area (Å²) in [6, 6.07) is 41.9. The lowest BCUT2D eigenvalue weighted by molar-refractivity contribution is 0.255. The molecule has 0 aliphatic rings. The first-order valence-electron chi connectivity index (χ1n) is 17.6. The zero-order valence-corrected chi connectivity index (χ0v) is 34.1. The van der Waals surface area contributed by atoms with E-state index in [9.17, 15) is 26.4 Å². The second kappa shape index (κ2) is 19.1. The fourth-order valence-electron chi connectivity index (χ4n) is 5.39. The topological polar surface area (TPSA) is 199 Å². The lowest BCUT2D eigenvalue weighted by Crippen LogP contribution is -2.34. The van der Waals surface area contributed by atoms with Gasteiger partial charge in [0.2, 0.25) is 0 Å². The number of rotatable bonds is 12. The first-order chi connectivity index (χ1) is 28.3. The van der Waals surface area contributed by atoms with Crippen molar-refractivity contribution in [3.05, 3.63) is 169 Å². The molecule has 0 aliphatic carbocycles. The van der Waals surface area contributed by atoms with E-state index in [1.165, 1.54) is 48.5 Å². The van der Waals surface area contributed by atoms with Gasteiger partial charge in [0.15, 0.2) is 10.2 Å². The Kier molecular flexibility index (Phi) is 13.5. The molecule has 0 spiro atoms. The van der Waals surface area contributed by atoms with Gasteiger partial charge in [-0.3, -0.25) is 0 Å². The summed E-state index contributed by atoms with van der Waals surface area (Å²) in [6.45, 7) is 0. The van der Waals surface area contributed by atoms with Crippen LogP contribution in [0.1, 0.15) is 11.1 Å². The van der Waals surface area contributed by atoms with Crippen LogP contribution in [0.4, 0.5) is 43.7 Å². The molecule has 4 amide bonds. The number of sulfonamides is 2. The molecule has 0 aromatic heterocycles. The summed E-state index contributed by atoms with van der Waals surface area (Å²) in [5, 5.41) is 17.7. The number of urea groups is 2. The first kappa shape index (κ1) is 41.8. The smallest absolute Gasteiger partial charge is 0.332 e. The minimum atomic E-state index is -4.17. The number of hydrogen-bond acceptors (Lipinski definition) is 8. The third-order valence-corrected chi connectivity index (χ3v) is 11.3. The van der Waals surface area contributed by atoms with Crippen molar-refractivity contribution in [1.29, 1.82) is 0 Å². The molecular formula is C41H36N8O6S4. The van der Waals surface area contributed by atoms with E-state index in [4.69, 9.17) is 24.4 Å². The predicted molar refractivity (Wildman–Crippen MR) is 240 cm³/mol. The van der Waals surface area contributed by atoms with E-state index < -0.39 is 32.1 Å². The number of thiocarbonyl (C=S) groups is 2. The molecule has 8 N–H and O–H groups in total. The Bertz CT molecular complexity index is 2470. The van der Waals surface area contributed by atoms with Crippen LogP contribution in [-0.4, -0.2) is 39.1 Å². The largest absolute Gasteiger partial charge is 0.333 e.